The van der Waals surface area contributed by atoms with Crippen molar-refractivity contribution in [1.82, 2.24) is 15.1 Å². The second-order valence-corrected chi connectivity index (χ2v) is 4.95. The molecule has 1 N–H and O–H groups in total. The number of hydrogen-bond donors (Lipinski definition) is 1. The summed E-state index contributed by atoms with van der Waals surface area (Å²) in [7, 11) is 0. The first-order valence-electron chi connectivity index (χ1n) is 6.87. The van der Waals surface area contributed by atoms with Crippen LogP contribution in [-0.2, 0) is 14.3 Å². The van der Waals surface area contributed by atoms with Crippen molar-refractivity contribution >= 4 is 11.8 Å². The Morgan fingerprint density at radius 3 is 3.15 bits per heavy atom. The fourth-order valence-corrected chi connectivity index (χ4v) is 2.58. The van der Waals surface area contributed by atoms with Crippen LogP contribution in [0, 0.1) is 0 Å². The second-order valence-electron chi connectivity index (χ2n) is 4.95. The molecule has 20 heavy (non-hydrogen) atoms. The SMILES string of the molecule is O=C1OCC[C@H]1N1CCO[C@H](CNc2cccnn2)C1. The van der Waals surface area contributed by atoms with E-state index in [9.17, 15) is 4.79 Å². The number of aromatic nitrogens is 2. The Labute approximate surface area is 117 Å². The molecular formula is C13H18N4O3. The van der Waals surface area contributed by atoms with Crippen LogP contribution in [0.15, 0.2) is 18.3 Å². The van der Waals surface area contributed by atoms with E-state index in [-0.39, 0.29) is 18.1 Å². The van der Waals surface area contributed by atoms with Crippen LogP contribution in [0.2, 0.25) is 0 Å². The van der Waals surface area contributed by atoms with E-state index in [1.165, 1.54) is 0 Å². The van der Waals surface area contributed by atoms with Gasteiger partial charge in [-0.05, 0) is 12.1 Å². The van der Waals surface area contributed by atoms with Crippen LogP contribution >= 0.6 is 0 Å². The van der Waals surface area contributed by atoms with Gasteiger partial charge in [0.15, 0.2) is 0 Å². The molecule has 0 spiro atoms. The average molecular weight is 278 g/mol. The van der Waals surface area contributed by atoms with Crippen LogP contribution in [0.25, 0.3) is 0 Å². The summed E-state index contributed by atoms with van der Waals surface area (Å²) in [5, 5.41) is 11.0. The zero-order valence-corrected chi connectivity index (χ0v) is 11.2. The molecule has 0 radical (unpaired) electrons. The molecule has 7 nitrogen and oxygen atoms in total. The van der Waals surface area contributed by atoms with Crippen LogP contribution in [0.3, 0.4) is 0 Å². The number of hydrogen-bond acceptors (Lipinski definition) is 7. The van der Waals surface area contributed by atoms with Crippen molar-refractivity contribution in [2.24, 2.45) is 0 Å². The van der Waals surface area contributed by atoms with Crippen molar-refractivity contribution in [1.29, 1.82) is 0 Å². The van der Waals surface area contributed by atoms with Gasteiger partial charge < -0.3 is 14.8 Å². The highest BCUT2D eigenvalue weighted by Gasteiger charge is 2.35. The fraction of sp³-hybridized carbons (Fsp3) is 0.615. The van der Waals surface area contributed by atoms with E-state index in [0.717, 1.165) is 25.3 Å². The zero-order chi connectivity index (χ0) is 13.8. The monoisotopic (exact) mass is 278 g/mol. The maximum absolute atomic E-state index is 11.6. The van der Waals surface area contributed by atoms with Gasteiger partial charge in [-0.25, -0.2) is 0 Å². The predicted octanol–water partition coefficient (Wildman–Crippen LogP) is -0.0952. The first-order valence-corrected chi connectivity index (χ1v) is 6.87. The van der Waals surface area contributed by atoms with Crippen LogP contribution in [0.1, 0.15) is 6.42 Å². The van der Waals surface area contributed by atoms with Crippen LogP contribution in [0.5, 0.6) is 0 Å². The van der Waals surface area contributed by atoms with E-state index in [0.29, 0.717) is 19.8 Å². The largest absolute Gasteiger partial charge is 0.464 e. The van der Waals surface area contributed by atoms with Crippen molar-refractivity contribution in [3.63, 3.8) is 0 Å². The van der Waals surface area contributed by atoms with Gasteiger partial charge in [0, 0.05) is 32.3 Å². The first kappa shape index (κ1) is 13.3. The molecule has 2 atom stereocenters. The third kappa shape index (κ3) is 3.05. The standard InChI is InChI=1S/C13H18N4O3/c18-13-11(3-6-20-13)17-5-7-19-10(9-17)8-14-12-2-1-4-15-16-12/h1-2,4,10-11H,3,5-9H2,(H,14,16)/t10-,11-/m1/s1. The van der Waals surface area contributed by atoms with Crippen molar-refractivity contribution in [3.8, 4) is 0 Å². The van der Waals surface area contributed by atoms with Crippen molar-refractivity contribution < 1.29 is 14.3 Å². The van der Waals surface area contributed by atoms with Gasteiger partial charge in [0.25, 0.3) is 0 Å². The highest BCUT2D eigenvalue weighted by Crippen LogP contribution is 2.17. The molecule has 0 saturated carbocycles. The van der Waals surface area contributed by atoms with Gasteiger partial charge in [-0.2, -0.15) is 5.10 Å². The third-order valence-corrected chi connectivity index (χ3v) is 3.60. The normalized spacial score (nSPS) is 27.3. The molecule has 0 aliphatic carbocycles. The number of carbonyl (C=O) groups excluding carboxylic acids is 1. The number of carbonyl (C=O) groups is 1. The summed E-state index contributed by atoms with van der Waals surface area (Å²) in [5.41, 5.74) is 0. The molecule has 3 rings (SSSR count). The highest BCUT2D eigenvalue weighted by molar-refractivity contribution is 5.77. The minimum absolute atomic E-state index is 0.0409. The lowest BCUT2D eigenvalue weighted by molar-refractivity contribution is -0.144. The summed E-state index contributed by atoms with van der Waals surface area (Å²) in [6, 6.07) is 3.60. The zero-order valence-electron chi connectivity index (χ0n) is 11.2. The average Bonchev–Trinajstić information content (AvgIpc) is 2.93. The molecule has 2 saturated heterocycles. The van der Waals surface area contributed by atoms with Gasteiger partial charge in [0.2, 0.25) is 0 Å². The maximum Gasteiger partial charge on any atom is 0.323 e. The molecule has 2 aliphatic rings. The minimum atomic E-state index is -0.104. The molecule has 1 aromatic heterocycles. The Kier molecular flexibility index (Phi) is 4.08. The van der Waals surface area contributed by atoms with Crippen molar-refractivity contribution in [3.05, 3.63) is 18.3 Å². The number of nitrogens with zero attached hydrogens (tertiary/aromatic N) is 3. The molecule has 1 aromatic rings. The smallest absolute Gasteiger partial charge is 0.323 e. The Balaban J connectivity index is 1.52. The molecule has 0 unspecified atom stereocenters. The number of rotatable bonds is 4. The Hall–Kier alpha value is -1.73. The molecule has 0 aromatic carbocycles. The van der Waals surface area contributed by atoms with Gasteiger partial charge in [0.05, 0.1) is 19.3 Å². The third-order valence-electron chi connectivity index (χ3n) is 3.60. The first-order chi connectivity index (χ1) is 9.83. The van der Waals surface area contributed by atoms with Gasteiger partial charge >= 0.3 is 5.97 Å². The van der Waals surface area contributed by atoms with E-state index in [1.807, 2.05) is 12.1 Å². The summed E-state index contributed by atoms with van der Waals surface area (Å²) in [5.74, 6) is 0.626. The summed E-state index contributed by atoms with van der Waals surface area (Å²) >= 11 is 0. The molecule has 2 aliphatic heterocycles. The highest BCUT2D eigenvalue weighted by atomic mass is 16.5. The van der Waals surface area contributed by atoms with Crippen LogP contribution in [0.4, 0.5) is 5.82 Å². The number of anilines is 1. The van der Waals surface area contributed by atoms with Crippen LogP contribution < -0.4 is 5.32 Å². The molecular weight excluding hydrogens is 260 g/mol. The van der Waals surface area contributed by atoms with E-state index in [2.05, 4.69) is 20.4 Å². The summed E-state index contributed by atoms with van der Waals surface area (Å²) in [6.07, 6.45) is 2.46. The number of cyclic esters (lactones) is 1. The van der Waals surface area contributed by atoms with Gasteiger partial charge in [-0.3, -0.25) is 9.69 Å². The summed E-state index contributed by atoms with van der Waals surface area (Å²) in [6.45, 7) is 3.32. The molecule has 0 bridgehead atoms. The Bertz CT molecular complexity index is 456. The van der Waals surface area contributed by atoms with Gasteiger partial charge in [-0.15, -0.1) is 5.10 Å². The van der Waals surface area contributed by atoms with Gasteiger partial charge in [0.1, 0.15) is 11.9 Å². The molecule has 2 fully saturated rings. The predicted molar refractivity (Wildman–Crippen MR) is 71.2 cm³/mol. The summed E-state index contributed by atoms with van der Waals surface area (Å²) in [4.78, 5) is 13.8. The van der Waals surface area contributed by atoms with Gasteiger partial charge in [-0.1, -0.05) is 0 Å². The number of esters is 1. The van der Waals surface area contributed by atoms with E-state index < -0.39 is 0 Å². The molecule has 7 heteroatoms. The van der Waals surface area contributed by atoms with Crippen molar-refractivity contribution in [2.75, 3.05) is 38.2 Å². The maximum atomic E-state index is 11.6. The Morgan fingerprint density at radius 2 is 2.40 bits per heavy atom. The molecule has 108 valence electrons. The van der Waals surface area contributed by atoms with Crippen molar-refractivity contribution in [2.45, 2.75) is 18.6 Å². The fourth-order valence-electron chi connectivity index (χ4n) is 2.58. The minimum Gasteiger partial charge on any atom is -0.464 e. The van der Waals surface area contributed by atoms with E-state index >= 15 is 0 Å². The number of nitrogens with one attached hydrogen (secondary N) is 1. The van der Waals surface area contributed by atoms with Crippen LogP contribution in [-0.4, -0.2) is 66.1 Å². The van der Waals surface area contributed by atoms with E-state index in [4.69, 9.17) is 9.47 Å². The Morgan fingerprint density at radius 1 is 1.45 bits per heavy atom. The van der Waals surface area contributed by atoms with E-state index in [1.54, 1.807) is 6.20 Å². The topological polar surface area (TPSA) is 76.6 Å². The lowest BCUT2D eigenvalue weighted by Gasteiger charge is -2.35. The quantitative estimate of drug-likeness (QED) is 0.771. The lowest BCUT2D eigenvalue weighted by atomic mass is 10.1. The number of morpholine rings is 1. The molecule has 0 amide bonds. The number of ether oxygens (including phenoxy) is 2. The second kappa shape index (κ2) is 6.15. The lowest BCUT2D eigenvalue weighted by Crippen LogP contribution is -2.51. The summed E-state index contributed by atoms with van der Waals surface area (Å²) < 4.78 is 10.7. The molecule has 3 heterocycles.